The minimum Gasteiger partial charge on any atom is -0.492 e. The van der Waals surface area contributed by atoms with E-state index in [0.29, 0.717) is 23.5 Å². The minimum atomic E-state index is -0.466. The van der Waals surface area contributed by atoms with Crippen LogP contribution >= 0.6 is 0 Å². The van der Waals surface area contributed by atoms with Crippen molar-refractivity contribution in [3.63, 3.8) is 0 Å². The number of nitro groups is 1. The molecule has 0 N–H and O–H groups in total. The molecule has 3 rings (SSSR count). The summed E-state index contributed by atoms with van der Waals surface area (Å²) in [7, 11) is 0. The van der Waals surface area contributed by atoms with Gasteiger partial charge in [0, 0.05) is 11.5 Å². The average molecular weight is 347 g/mol. The van der Waals surface area contributed by atoms with E-state index in [9.17, 15) is 14.9 Å². The maximum Gasteiger partial charge on any atom is 0.276 e. The fourth-order valence-corrected chi connectivity index (χ4v) is 2.79. The number of ether oxygens (including phenoxy) is 1. The number of rotatable bonds is 6. The number of nitrogens with zero attached hydrogens (tertiary/aromatic N) is 1. The predicted molar refractivity (Wildman–Crippen MR) is 102 cm³/mol. The quantitative estimate of drug-likeness (QED) is 0.271. The topological polar surface area (TPSA) is 69.4 Å². The second-order valence-electron chi connectivity index (χ2n) is 5.61. The summed E-state index contributed by atoms with van der Waals surface area (Å²) in [6, 6.07) is 17.6. The van der Waals surface area contributed by atoms with Crippen LogP contribution in [0.1, 0.15) is 22.8 Å². The van der Waals surface area contributed by atoms with Gasteiger partial charge in [-0.1, -0.05) is 42.5 Å². The lowest BCUT2D eigenvalue weighted by Crippen LogP contribution is -2.02. The molecule has 3 aromatic rings. The third kappa shape index (κ3) is 3.47. The summed E-state index contributed by atoms with van der Waals surface area (Å²) >= 11 is 0. The van der Waals surface area contributed by atoms with Crippen LogP contribution in [0.15, 0.2) is 66.7 Å². The van der Waals surface area contributed by atoms with E-state index in [1.54, 1.807) is 24.3 Å². The Morgan fingerprint density at radius 2 is 1.81 bits per heavy atom. The summed E-state index contributed by atoms with van der Waals surface area (Å²) in [5.41, 5.74) is 0.769. The highest BCUT2D eigenvalue weighted by molar-refractivity contribution is 6.12. The number of nitro benzene ring substituents is 1. The van der Waals surface area contributed by atoms with Crippen LogP contribution in [-0.4, -0.2) is 17.3 Å². The first-order valence-corrected chi connectivity index (χ1v) is 8.22. The van der Waals surface area contributed by atoms with Crippen LogP contribution in [0, 0.1) is 10.1 Å². The van der Waals surface area contributed by atoms with Gasteiger partial charge in [0.05, 0.1) is 22.7 Å². The van der Waals surface area contributed by atoms with E-state index in [0.717, 1.165) is 10.8 Å². The van der Waals surface area contributed by atoms with Gasteiger partial charge >= 0.3 is 0 Å². The van der Waals surface area contributed by atoms with Crippen molar-refractivity contribution >= 4 is 28.3 Å². The highest BCUT2D eigenvalue weighted by Crippen LogP contribution is 2.31. The van der Waals surface area contributed by atoms with Gasteiger partial charge in [0.25, 0.3) is 5.69 Å². The van der Waals surface area contributed by atoms with Crippen molar-refractivity contribution in [1.82, 2.24) is 0 Å². The molecule has 5 nitrogen and oxygen atoms in total. The highest BCUT2D eigenvalue weighted by Gasteiger charge is 2.15. The molecule has 0 saturated carbocycles. The molecule has 3 aromatic carbocycles. The number of benzene rings is 3. The Balaban J connectivity index is 2.00. The zero-order chi connectivity index (χ0) is 18.5. The van der Waals surface area contributed by atoms with Gasteiger partial charge in [-0.3, -0.25) is 14.9 Å². The summed E-state index contributed by atoms with van der Waals surface area (Å²) < 4.78 is 5.72. The van der Waals surface area contributed by atoms with Crippen LogP contribution in [0.2, 0.25) is 0 Å². The Kier molecular flexibility index (Phi) is 5.08. The van der Waals surface area contributed by atoms with Gasteiger partial charge in [-0.05, 0) is 36.6 Å². The van der Waals surface area contributed by atoms with Crippen molar-refractivity contribution in [2.75, 3.05) is 6.61 Å². The van der Waals surface area contributed by atoms with Gasteiger partial charge < -0.3 is 4.74 Å². The molecular weight excluding hydrogens is 330 g/mol. The van der Waals surface area contributed by atoms with Crippen molar-refractivity contribution in [3.05, 3.63) is 88.0 Å². The number of fused-ring (bicyclic) bond motifs is 1. The van der Waals surface area contributed by atoms with E-state index >= 15 is 0 Å². The van der Waals surface area contributed by atoms with Crippen molar-refractivity contribution in [1.29, 1.82) is 0 Å². The lowest BCUT2D eigenvalue weighted by molar-refractivity contribution is -0.385. The van der Waals surface area contributed by atoms with E-state index in [4.69, 9.17) is 4.74 Å². The van der Waals surface area contributed by atoms with Gasteiger partial charge in [0.1, 0.15) is 5.75 Å². The third-order valence-corrected chi connectivity index (χ3v) is 3.98. The molecule has 0 saturated heterocycles. The maximum atomic E-state index is 12.7. The number of para-hydroxylation sites is 1. The molecule has 26 heavy (non-hydrogen) atoms. The van der Waals surface area contributed by atoms with Crippen molar-refractivity contribution < 1.29 is 14.5 Å². The Morgan fingerprint density at radius 1 is 1.08 bits per heavy atom. The molecule has 0 spiro atoms. The van der Waals surface area contributed by atoms with Gasteiger partial charge in [-0.25, -0.2) is 0 Å². The van der Waals surface area contributed by atoms with E-state index < -0.39 is 4.92 Å². The van der Waals surface area contributed by atoms with Crippen LogP contribution in [0.5, 0.6) is 5.75 Å². The van der Waals surface area contributed by atoms with Crippen LogP contribution in [-0.2, 0) is 0 Å². The van der Waals surface area contributed by atoms with Crippen LogP contribution < -0.4 is 4.74 Å². The second kappa shape index (κ2) is 7.61. The smallest absolute Gasteiger partial charge is 0.276 e. The summed E-state index contributed by atoms with van der Waals surface area (Å²) in [4.78, 5) is 23.3. The van der Waals surface area contributed by atoms with Gasteiger partial charge in [0.15, 0.2) is 5.78 Å². The Hall–Kier alpha value is -3.47. The molecule has 0 aliphatic carbocycles. The Labute approximate surface area is 150 Å². The summed E-state index contributed by atoms with van der Waals surface area (Å²) in [6.45, 7) is 2.29. The third-order valence-electron chi connectivity index (χ3n) is 3.98. The van der Waals surface area contributed by atoms with Crippen molar-refractivity contribution in [3.8, 4) is 5.75 Å². The lowest BCUT2D eigenvalue weighted by Gasteiger charge is -2.11. The zero-order valence-corrected chi connectivity index (χ0v) is 14.2. The van der Waals surface area contributed by atoms with E-state index in [1.165, 1.54) is 18.2 Å². The molecular formula is C21H17NO4. The number of hydrogen-bond donors (Lipinski definition) is 0. The monoisotopic (exact) mass is 347 g/mol. The molecule has 0 aliphatic heterocycles. The molecule has 0 aliphatic rings. The number of carbonyl (C=O) groups is 1. The largest absolute Gasteiger partial charge is 0.492 e. The van der Waals surface area contributed by atoms with Crippen LogP contribution in [0.25, 0.3) is 16.8 Å². The lowest BCUT2D eigenvalue weighted by atomic mass is 10.0. The molecule has 0 aromatic heterocycles. The van der Waals surface area contributed by atoms with Crippen molar-refractivity contribution in [2.45, 2.75) is 6.92 Å². The van der Waals surface area contributed by atoms with Gasteiger partial charge in [0.2, 0.25) is 0 Å². The Morgan fingerprint density at radius 3 is 2.58 bits per heavy atom. The first kappa shape index (κ1) is 17.4. The summed E-state index contributed by atoms with van der Waals surface area (Å²) in [5.74, 6) is 0.264. The number of carbonyl (C=O) groups excluding carboxylic acids is 1. The molecule has 0 heterocycles. The van der Waals surface area contributed by atoms with Crippen molar-refractivity contribution in [2.24, 2.45) is 0 Å². The highest BCUT2D eigenvalue weighted by atomic mass is 16.6. The maximum absolute atomic E-state index is 12.7. The predicted octanol–water partition coefficient (Wildman–Crippen LogP) is 5.04. The fourth-order valence-electron chi connectivity index (χ4n) is 2.79. The second-order valence-corrected chi connectivity index (χ2v) is 5.61. The fraction of sp³-hybridized carbons (Fsp3) is 0.0952. The standard InChI is InChI=1S/C21H17NO4/c1-2-26-21-17-9-5-3-7-15(17)11-13-18(21)20(23)14-12-16-8-4-6-10-19(16)22(24)25/h3-14H,2H2,1H3. The zero-order valence-electron chi connectivity index (χ0n) is 14.2. The minimum absolute atomic E-state index is 0.0416. The molecule has 0 fully saturated rings. The Bertz CT molecular complexity index is 1010. The molecule has 0 bridgehead atoms. The first-order chi connectivity index (χ1) is 12.6. The van der Waals surface area contributed by atoms with E-state index in [-0.39, 0.29) is 11.5 Å². The first-order valence-electron chi connectivity index (χ1n) is 8.22. The number of allylic oxidation sites excluding steroid dienone is 1. The van der Waals surface area contributed by atoms with E-state index in [2.05, 4.69) is 0 Å². The SMILES string of the molecule is CCOc1c(C(=O)C=Cc2ccccc2[N+](=O)[O-])ccc2ccccc12. The molecule has 5 heteroatoms. The normalized spacial score (nSPS) is 11.0. The van der Waals surface area contributed by atoms with Crippen LogP contribution in [0.4, 0.5) is 5.69 Å². The molecule has 130 valence electrons. The van der Waals surface area contributed by atoms with Gasteiger partial charge in [-0.2, -0.15) is 0 Å². The number of hydrogen-bond acceptors (Lipinski definition) is 4. The molecule has 0 atom stereocenters. The molecule has 0 radical (unpaired) electrons. The number of ketones is 1. The molecule has 0 unspecified atom stereocenters. The average Bonchev–Trinajstić information content (AvgIpc) is 2.66. The summed E-state index contributed by atoms with van der Waals surface area (Å²) in [6.07, 6.45) is 2.81. The molecule has 0 amide bonds. The van der Waals surface area contributed by atoms with Crippen LogP contribution in [0.3, 0.4) is 0 Å². The van der Waals surface area contributed by atoms with E-state index in [1.807, 2.05) is 37.3 Å². The van der Waals surface area contributed by atoms with Gasteiger partial charge in [-0.15, -0.1) is 0 Å². The summed E-state index contributed by atoms with van der Waals surface area (Å²) in [5, 5.41) is 12.9.